The van der Waals surface area contributed by atoms with Crippen molar-refractivity contribution >= 4 is 11.8 Å². The van der Waals surface area contributed by atoms with Gasteiger partial charge < -0.3 is 4.57 Å². The van der Waals surface area contributed by atoms with Gasteiger partial charge in [0.25, 0.3) is 0 Å². The van der Waals surface area contributed by atoms with Crippen molar-refractivity contribution in [3.8, 4) is 0 Å². The van der Waals surface area contributed by atoms with Gasteiger partial charge in [-0.25, -0.2) is 9.37 Å². The second kappa shape index (κ2) is 11.3. The molecule has 2 nitrogen and oxygen atoms in total. The molecule has 0 saturated carbocycles. The zero-order valence-electron chi connectivity index (χ0n) is 14.7. The van der Waals surface area contributed by atoms with Gasteiger partial charge in [-0.15, -0.1) is 0 Å². The highest BCUT2D eigenvalue weighted by molar-refractivity contribution is 7.99. The maximum Gasteiger partial charge on any atom is 0.123 e. The number of rotatable bonds is 12. The first-order chi connectivity index (χ1) is 11.8. The fourth-order valence-corrected chi connectivity index (χ4v) is 4.06. The Balaban J connectivity index is 1.77. The number of hydrogen-bond donors (Lipinski definition) is 0. The van der Waals surface area contributed by atoms with E-state index in [9.17, 15) is 4.39 Å². The Hall–Kier alpha value is -1.29. The zero-order chi connectivity index (χ0) is 17.0. The highest BCUT2D eigenvalue weighted by atomic mass is 32.2. The van der Waals surface area contributed by atoms with Crippen molar-refractivity contribution < 1.29 is 4.39 Å². The van der Waals surface area contributed by atoms with Gasteiger partial charge in [-0.2, -0.15) is 11.8 Å². The predicted octanol–water partition coefficient (Wildman–Crippen LogP) is 5.73. The normalized spacial score (nSPS) is 12.4. The Labute approximate surface area is 149 Å². The van der Waals surface area contributed by atoms with Gasteiger partial charge in [0.15, 0.2) is 0 Å². The van der Waals surface area contributed by atoms with Gasteiger partial charge in [-0.3, -0.25) is 0 Å². The highest BCUT2D eigenvalue weighted by Crippen LogP contribution is 2.21. The molecule has 1 aromatic carbocycles. The monoisotopic (exact) mass is 348 g/mol. The van der Waals surface area contributed by atoms with E-state index in [4.69, 9.17) is 0 Å². The van der Waals surface area contributed by atoms with Gasteiger partial charge in [-0.05, 0) is 42.7 Å². The Bertz CT molecular complexity index is 539. The summed E-state index contributed by atoms with van der Waals surface area (Å²) in [5.74, 6) is 1.07. The quantitative estimate of drug-likeness (QED) is 0.456. The summed E-state index contributed by atoms with van der Waals surface area (Å²) in [7, 11) is 0. The SMILES string of the molecule is CCCCCCCSC(CCc1ccc(F)cc1)Cn1ccnc1. The molecule has 0 bridgehead atoms. The first-order valence-corrected chi connectivity index (χ1v) is 10.1. The van der Waals surface area contributed by atoms with Crippen LogP contribution in [0.25, 0.3) is 0 Å². The van der Waals surface area contributed by atoms with Gasteiger partial charge in [0, 0.05) is 24.2 Å². The molecule has 0 fully saturated rings. The topological polar surface area (TPSA) is 17.8 Å². The lowest BCUT2D eigenvalue weighted by atomic mass is 10.1. The van der Waals surface area contributed by atoms with Crippen LogP contribution in [0.5, 0.6) is 0 Å². The van der Waals surface area contributed by atoms with Gasteiger partial charge in [0.1, 0.15) is 5.82 Å². The predicted molar refractivity (Wildman–Crippen MR) is 102 cm³/mol. The molecule has 0 N–H and O–H groups in total. The number of thioether (sulfide) groups is 1. The average molecular weight is 349 g/mol. The van der Waals surface area contributed by atoms with E-state index in [-0.39, 0.29) is 5.82 Å². The van der Waals surface area contributed by atoms with Crippen molar-refractivity contribution in [2.75, 3.05) is 5.75 Å². The summed E-state index contributed by atoms with van der Waals surface area (Å²) in [6.45, 7) is 3.26. The summed E-state index contributed by atoms with van der Waals surface area (Å²) >= 11 is 2.08. The number of aryl methyl sites for hydroxylation is 1. The Morgan fingerprint density at radius 1 is 1.12 bits per heavy atom. The van der Waals surface area contributed by atoms with Gasteiger partial charge in [0.05, 0.1) is 6.33 Å². The molecule has 0 saturated heterocycles. The van der Waals surface area contributed by atoms with E-state index in [1.807, 2.05) is 30.9 Å². The average Bonchev–Trinajstić information content (AvgIpc) is 3.10. The smallest absolute Gasteiger partial charge is 0.123 e. The number of hydrogen-bond acceptors (Lipinski definition) is 2. The maximum absolute atomic E-state index is 13.0. The lowest BCUT2D eigenvalue weighted by Gasteiger charge is -2.17. The molecule has 24 heavy (non-hydrogen) atoms. The molecule has 132 valence electrons. The molecule has 0 aliphatic carbocycles. The summed E-state index contributed by atoms with van der Waals surface area (Å²) in [5, 5.41) is 0.579. The van der Waals surface area contributed by atoms with Gasteiger partial charge in [-0.1, -0.05) is 44.7 Å². The Morgan fingerprint density at radius 2 is 1.92 bits per heavy atom. The third kappa shape index (κ3) is 7.52. The van der Waals surface area contributed by atoms with E-state index in [2.05, 4.69) is 28.2 Å². The Kier molecular flexibility index (Phi) is 8.96. The van der Waals surface area contributed by atoms with Crippen LogP contribution in [0.15, 0.2) is 43.0 Å². The van der Waals surface area contributed by atoms with Crippen molar-refractivity contribution in [1.82, 2.24) is 9.55 Å². The molecule has 1 unspecified atom stereocenters. The standard InChI is InChI=1S/C20H29FN2S/c1-2-3-4-5-6-15-24-20(16-23-14-13-22-17-23)12-9-18-7-10-19(21)11-8-18/h7-8,10-11,13-14,17,20H,2-6,9,12,15-16H2,1H3. The van der Waals surface area contributed by atoms with Crippen LogP contribution in [0.3, 0.4) is 0 Å². The summed E-state index contributed by atoms with van der Waals surface area (Å²) in [6.07, 6.45) is 14.6. The summed E-state index contributed by atoms with van der Waals surface area (Å²) in [4.78, 5) is 4.15. The van der Waals surface area contributed by atoms with Crippen LogP contribution in [0.2, 0.25) is 0 Å². The Morgan fingerprint density at radius 3 is 2.62 bits per heavy atom. The molecule has 1 heterocycles. The van der Waals surface area contributed by atoms with Crippen molar-refractivity contribution in [2.45, 2.75) is 63.7 Å². The molecule has 1 atom stereocenters. The van der Waals surface area contributed by atoms with Gasteiger partial charge >= 0.3 is 0 Å². The fourth-order valence-electron chi connectivity index (χ4n) is 2.79. The first-order valence-electron chi connectivity index (χ1n) is 9.09. The van der Waals surface area contributed by atoms with E-state index in [1.165, 1.54) is 43.4 Å². The molecule has 0 amide bonds. The second-order valence-electron chi connectivity index (χ2n) is 6.33. The molecule has 0 radical (unpaired) electrons. The number of nitrogens with zero attached hydrogens (tertiary/aromatic N) is 2. The van der Waals surface area contributed by atoms with E-state index < -0.39 is 0 Å². The van der Waals surface area contributed by atoms with Crippen LogP contribution in [0, 0.1) is 5.82 Å². The molecule has 2 rings (SSSR count). The van der Waals surface area contributed by atoms with Crippen LogP contribution in [-0.4, -0.2) is 20.6 Å². The number of aromatic nitrogens is 2. The van der Waals surface area contributed by atoms with Crippen LogP contribution in [0.1, 0.15) is 51.0 Å². The van der Waals surface area contributed by atoms with Gasteiger partial charge in [0.2, 0.25) is 0 Å². The second-order valence-corrected chi connectivity index (χ2v) is 7.74. The van der Waals surface area contributed by atoms with E-state index in [1.54, 1.807) is 12.1 Å². The number of imidazole rings is 1. The minimum atomic E-state index is -0.157. The minimum Gasteiger partial charge on any atom is -0.336 e. The first kappa shape index (κ1) is 19.0. The third-order valence-electron chi connectivity index (χ3n) is 4.24. The highest BCUT2D eigenvalue weighted by Gasteiger charge is 2.10. The third-order valence-corrected chi connectivity index (χ3v) is 5.62. The minimum absolute atomic E-state index is 0.157. The molecule has 0 spiro atoms. The number of unbranched alkanes of at least 4 members (excludes halogenated alkanes) is 4. The molecule has 1 aromatic heterocycles. The fraction of sp³-hybridized carbons (Fsp3) is 0.550. The zero-order valence-corrected chi connectivity index (χ0v) is 15.5. The van der Waals surface area contributed by atoms with E-state index >= 15 is 0 Å². The van der Waals surface area contributed by atoms with E-state index in [0.29, 0.717) is 5.25 Å². The van der Waals surface area contributed by atoms with Crippen molar-refractivity contribution in [2.24, 2.45) is 0 Å². The maximum atomic E-state index is 13.0. The molecule has 2 aromatic rings. The lowest BCUT2D eigenvalue weighted by Crippen LogP contribution is -2.14. The largest absolute Gasteiger partial charge is 0.336 e. The summed E-state index contributed by atoms with van der Waals surface area (Å²) < 4.78 is 15.2. The molecular formula is C20H29FN2S. The van der Waals surface area contributed by atoms with E-state index in [0.717, 1.165) is 19.4 Å². The molecular weight excluding hydrogens is 319 g/mol. The van der Waals surface area contributed by atoms with Crippen LogP contribution < -0.4 is 0 Å². The van der Waals surface area contributed by atoms with Crippen LogP contribution in [0.4, 0.5) is 4.39 Å². The molecule has 0 aliphatic rings. The van der Waals surface area contributed by atoms with Crippen molar-refractivity contribution in [3.63, 3.8) is 0 Å². The number of benzene rings is 1. The molecule has 0 aliphatic heterocycles. The van der Waals surface area contributed by atoms with Crippen molar-refractivity contribution in [3.05, 3.63) is 54.4 Å². The molecule has 4 heteroatoms. The number of halogens is 1. The summed E-state index contributed by atoms with van der Waals surface area (Å²) in [6, 6.07) is 6.92. The van der Waals surface area contributed by atoms with Crippen molar-refractivity contribution in [1.29, 1.82) is 0 Å². The summed E-state index contributed by atoms with van der Waals surface area (Å²) in [5.41, 5.74) is 1.22. The lowest BCUT2D eigenvalue weighted by molar-refractivity contribution is 0.616. The van der Waals surface area contributed by atoms with Crippen LogP contribution in [-0.2, 0) is 13.0 Å². The van der Waals surface area contributed by atoms with Crippen LogP contribution >= 0.6 is 11.8 Å².